The number of H-pyrrole nitrogens is 1. The summed E-state index contributed by atoms with van der Waals surface area (Å²) in [6.07, 6.45) is 3.65. The van der Waals surface area contributed by atoms with Gasteiger partial charge in [-0.1, -0.05) is 20.3 Å². The number of rotatable bonds is 2. The second-order valence-electron chi connectivity index (χ2n) is 4.07. The number of aromatic nitrogens is 1. The fourth-order valence-corrected chi connectivity index (χ4v) is 1.78. The van der Waals surface area contributed by atoms with Crippen LogP contribution in [-0.4, -0.2) is 4.98 Å². The lowest BCUT2D eigenvalue weighted by Crippen LogP contribution is -2.12. The molecule has 1 heterocycles. The molecule has 1 aliphatic rings. The maximum atomic E-state index is 11.0. The van der Waals surface area contributed by atoms with Crippen LogP contribution < -0.4 is 5.76 Å². The van der Waals surface area contributed by atoms with Crippen LogP contribution in [0.3, 0.4) is 0 Å². The normalized spacial score (nSPS) is 17.8. The van der Waals surface area contributed by atoms with Crippen molar-refractivity contribution in [1.29, 1.82) is 0 Å². The highest BCUT2D eigenvalue weighted by molar-refractivity contribution is 5.18. The Morgan fingerprint density at radius 1 is 1.46 bits per heavy atom. The first-order valence-electron chi connectivity index (χ1n) is 4.91. The number of aromatic amines is 1. The fourth-order valence-electron chi connectivity index (χ4n) is 1.78. The lowest BCUT2D eigenvalue weighted by molar-refractivity contribution is 0.395. The van der Waals surface area contributed by atoms with Crippen molar-refractivity contribution < 1.29 is 4.42 Å². The fraction of sp³-hybridized carbons (Fsp3) is 0.700. The summed E-state index contributed by atoms with van der Waals surface area (Å²) in [5.74, 6) is 1.40. The summed E-state index contributed by atoms with van der Waals surface area (Å²) in [7, 11) is 0. The van der Waals surface area contributed by atoms with Crippen LogP contribution in [0, 0.1) is 0 Å². The van der Waals surface area contributed by atoms with Crippen molar-refractivity contribution >= 4 is 0 Å². The van der Waals surface area contributed by atoms with E-state index in [9.17, 15) is 4.79 Å². The van der Waals surface area contributed by atoms with Crippen LogP contribution in [0.2, 0.25) is 0 Å². The molecule has 0 atom stereocenters. The molecule has 0 amide bonds. The van der Waals surface area contributed by atoms with E-state index < -0.39 is 0 Å². The van der Waals surface area contributed by atoms with Gasteiger partial charge in [0.05, 0.1) is 5.69 Å². The summed E-state index contributed by atoms with van der Waals surface area (Å²) in [4.78, 5) is 13.8. The molecule has 0 radical (unpaired) electrons. The molecule has 72 valence electrons. The second kappa shape index (κ2) is 3.05. The van der Waals surface area contributed by atoms with Gasteiger partial charge in [-0.25, -0.2) is 4.79 Å². The Balaban J connectivity index is 2.36. The Morgan fingerprint density at radius 3 is 2.62 bits per heavy atom. The van der Waals surface area contributed by atoms with Gasteiger partial charge in [-0.15, -0.1) is 0 Å². The van der Waals surface area contributed by atoms with E-state index in [1.807, 2.05) is 13.8 Å². The van der Waals surface area contributed by atoms with Gasteiger partial charge >= 0.3 is 5.76 Å². The summed E-state index contributed by atoms with van der Waals surface area (Å²) in [6, 6.07) is 0. The van der Waals surface area contributed by atoms with Gasteiger partial charge in [0.25, 0.3) is 0 Å². The van der Waals surface area contributed by atoms with Crippen molar-refractivity contribution in [3.63, 3.8) is 0 Å². The lowest BCUT2D eigenvalue weighted by Gasteiger charge is -2.24. The van der Waals surface area contributed by atoms with E-state index in [0.29, 0.717) is 11.8 Å². The zero-order chi connectivity index (χ0) is 9.42. The molecule has 2 rings (SSSR count). The van der Waals surface area contributed by atoms with Crippen molar-refractivity contribution in [3.05, 3.63) is 22.0 Å². The Hall–Kier alpha value is -0.990. The first-order chi connectivity index (χ1) is 6.18. The zero-order valence-electron chi connectivity index (χ0n) is 8.09. The molecule has 1 aromatic rings. The highest BCUT2D eigenvalue weighted by atomic mass is 16.4. The molecular weight excluding hydrogens is 166 g/mol. The van der Waals surface area contributed by atoms with E-state index in [1.54, 1.807) is 0 Å². The maximum Gasteiger partial charge on any atom is 0.416 e. The minimum Gasteiger partial charge on any atom is -0.412 e. The average Bonchev–Trinajstić information content (AvgIpc) is 2.27. The van der Waals surface area contributed by atoms with E-state index in [0.717, 1.165) is 11.5 Å². The molecule has 1 saturated carbocycles. The third-order valence-electron chi connectivity index (χ3n) is 2.74. The second-order valence-corrected chi connectivity index (χ2v) is 4.07. The molecule has 0 bridgehead atoms. The van der Waals surface area contributed by atoms with Crippen LogP contribution in [0.1, 0.15) is 56.4 Å². The molecule has 0 unspecified atom stereocenters. The summed E-state index contributed by atoms with van der Waals surface area (Å²) >= 11 is 0. The largest absolute Gasteiger partial charge is 0.416 e. The molecule has 0 aromatic carbocycles. The molecule has 1 N–H and O–H groups in total. The monoisotopic (exact) mass is 181 g/mol. The number of hydrogen-bond acceptors (Lipinski definition) is 2. The Morgan fingerprint density at radius 2 is 2.15 bits per heavy atom. The zero-order valence-corrected chi connectivity index (χ0v) is 8.09. The molecule has 1 aromatic heterocycles. The summed E-state index contributed by atoms with van der Waals surface area (Å²) < 4.78 is 5.12. The van der Waals surface area contributed by atoms with Crippen LogP contribution in [0.4, 0.5) is 0 Å². The molecule has 0 spiro atoms. The average molecular weight is 181 g/mol. The Kier molecular flexibility index (Phi) is 2.02. The molecule has 0 aliphatic heterocycles. The van der Waals surface area contributed by atoms with E-state index in [2.05, 4.69) is 4.98 Å². The predicted molar refractivity (Wildman–Crippen MR) is 50.0 cm³/mol. The summed E-state index contributed by atoms with van der Waals surface area (Å²) in [6.45, 7) is 4.10. The van der Waals surface area contributed by atoms with Crippen molar-refractivity contribution in [2.45, 2.75) is 44.9 Å². The number of nitrogens with one attached hydrogen (secondary N) is 1. The summed E-state index contributed by atoms with van der Waals surface area (Å²) in [5, 5.41) is 0. The molecular formula is C10H15NO2. The standard InChI is InChI=1S/C10H15NO2/c1-6(2)9-8(7-4-3-5-7)11-10(12)13-9/h6-7H,3-5H2,1-2H3,(H,11,12). The van der Waals surface area contributed by atoms with Gasteiger partial charge in [0.1, 0.15) is 5.76 Å². The molecule has 1 fully saturated rings. The topological polar surface area (TPSA) is 46.0 Å². The van der Waals surface area contributed by atoms with Gasteiger partial charge in [0, 0.05) is 11.8 Å². The van der Waals surface area contributed by atoms with Crippen molar-refractivity contribution in [2.24, 2.45) is 0 Å². The van der Waals surface area contributed by atoms with Gasteiger partial charge in [-0.2, -0.15) is 0 Å². The Labute approximate surface area is 77.2 Å². The third-order valence-corrected chi connectivity index (χ3v) is 2.74. The van der Waals surface area contributed by atoms with E-state index in [1.165, 1.54) is 19.3 Å². The van der Waals surface area contributed by atoms with E-state index >= 15 is 0 Å². The minimum absolute atomic E-state index is 0.300. The first kappa shape index (κ1) is 8.60. The molecule has 3 nitrogen and oxygen atoms in total. The van der Waals surface area contributed by atoms with Crippen molar-refractivity contribution in [2.75, 3.05) is 0 Å². The van der Waals surface area contributed by atoms with Crippen molar-refractivity contribution in [3.8, 4) is 0 Å². The molecule has 1 aliphatic carbocycles. The highest BCUT2D eigenvalue weighted by Crippen LogP contribution is 2.38. The van der Waals surface area contributed by atoms with Crippen LogP contribution >= 0.6 is 0 Å². The maximum absolute atomic E-state index is 11.0. The van der Waals surface area contributed by atoms with Crippen LogP contribution in [0.25, 0.3) is 0 Å². The quantitative estimate of drug-likeness (QED) is 0.761. The van der Waals surface area contributed by atoms with Crippen LogP contribution in [0.5, 0.6) is 0 Å². The molecule has 13 heavy (non-hydrogen) atoms. The Bertz CT molecular complexity index is 344. The number of oxazole rings is 1. The van der Waals surface area contributed by atoms with Crippen molar-refractivity contribution in [1.82, 2.24) is 4.98 Å². The van der Waals surface area contributed by atoms with E-state index in [-0.39, 0.29) is 5.76 Å². The smallest absolute Gasteiger partial charge is 0.412 e. The predicted octanol–water partition coefficient (Wildman–Crippen LogP) is 2.36. The van der Waals surface area contributed by atoms with E-state index in [4.69, 9.17) is 4.42 Å². The van der Waals surface area contributed by atoms with Gasteiger partial charge in [-0.3, -0.25) is 4.98 Å². The van der Waals surface area contributed by atoms with Crippen LogP contribution in [-0.2, 0) is 0 Å². The number of hydrogen-bond donors (Lipinski definition) is 1. The summed E-state index contributed by atoms with van der Waals surface area (Å²) in [5.41, 5.74) is 1.05. The third kappa shape index (κ3) is 1.43. The minimum atomic E-state index is -0.300. The van der Waals surface area contributed by atoms with Gasteiger partial charge in [0.2, 0.25) is 0 Å². The highest BCUT2D eigenvalue weighted by Gasteiger charge is 2.26. The first-order valence-corrected chi connectivity index (χ1v) is 4.91. The van der Waals surface area contributed by atoms with Gasteiger partial charge in [0.15, 0.2) is 0 Å². The van der Waals surface area contributed by atoms with Crippen LogP contribution in [0.15, 0.2) is 9.21 Å². The lowest BCUT2D eigenvalue weighted by atomic mass is 9.81. The molecule has 3 heteroatoms. The van der Waals surface area contributed by atoms with Gasteiger partial charge in [-0.05, 0) is 12.8 Å². The SMILES string of the molecule is CC(C)c1oc(=O)[nH]c1C1CCC1. The van der Waals surface area contributed by atoms with Gasteiger partial charge < -0.3 is 4.42 Å². The molecule has 0 saturated heterocycles.